The minimum absolute atomic E-state index is 0.0341. The van der Waals surface area contributed by atoms with Crippen LogP contribution < -0.4 is 11.1 Å². The number of nitrogens with two attached hydrogens (primary N) is 1. The smallest absolute Gasteiger partial charge is 0.205 e. The molecular formula is C24H23N3O2S. The van der Waals surface area contributed by atoms with Crippen molar-refractivity contribution in [2.45, 2.75) is 33.1 Å². The van der Waals surface area contributed by atoms with Crippen LogP contribution in [0.5, 0.6) is 0 Å². The van der Waals surface area contributed by atoms with Crippen LogP contribution in [0.1, 0.15) is 58.6 Å². The maximum Gasteiger partial charge on any atom is 0.205 e. The minimum atomic E-state index is -0.354. The van der Waals surface area contributed by atoms with E-state index in [1.54, 1.807) is 19.3 Å². The third-order valence-electron chi connectivity index (χ3n) is 5.49. The highest BCUT2D eigenvalue weighted by Crippen LogP contribution is 2.50. The number of nitrogens with zero attached hydrogens (tertiary/aromatic N) is 1. The van der Waals surface area contributed by atoms with Gasteiger partial charge in [-0.05, 0) is 37.5 Å². The highest BCUT2D eigenvalue weighted by molar-refractivity contribution is 7.19. The average Bonchev–Trinajstić information content (AvgIpc) is 3.08. The second kappa shape index (κ2) is 7.88. The van der Waals surface area contributed by atoms with Gasteiger partial charge in [0, 0.05) is 40.7 Å². The topological polar surface area (TPSA) is 85.1 Å². The number of carbonyl (C=O) groups is 2. The van der Waals surface area contributed by atoms with Gasteiger partial charge in [0.15, 0.2) is 5.78 Å². The molecule has 1 atom stereocenters. The fourth-order valence-corrected chi connectivity index (χ4v) is 5.15. The van der Waals surface area contributed by atoms with E-state index < -0.39 is 0 Å². The molecule has 3 N–H and O–H groups in total. The molecule has 3 heterocycles. The number of benzene rings is 1. The zero-order valence-electron chi connectivity index (χ0n) is 17.2. The molecule has 5 nitrogen and oxygen atoms in total. The molecule has 1 aromatic carbocycles. The van der Waals surface area contributed by atoms with E-state index in [0.29, 0.717) is 21.7 Å². The fraction of sp³-hybridized carbons (Fsp3) is 0.208. The van der Waals surface area contributed by atoms with Crippen LogP contribution in [0.3, 0.4) is 0 Å². The first-order valence-corrected chi connectivity index (χ1v) is 10.7. The van der Waals surface area contributed by atoms with Crippen molar-refractivity contribution in [3.05, 3.63) is 87.2 Å². The summed E-state index contributed by atoms with van der Waals surface area (Å²) in [5, 5.41) is 4.10. The summed E-state index contributed by atoms with van der Waals surface area (Å²) in [5.41, 5.74) is 11.8. The monoisotopic (exact) mass is 417 g/mol. The Labute approximate surface area is 179 Å². The van der Waals surface area contributed by atoms with Gasteiger partial charge in [-0.15, -0.1) is 11.3 Å². The Balaban J connectivity index is 1.85. The van der Waals surface area contributed by atoms with Gasteiger partial charge < -0.3 is 11.1 Å². The number of aryl methyl sites for hydroxylation is 1. The molecule has 4 rings (SSSR count). The van der Waals surface area contributed by atoms with E-state index in [0.717, 1.165) is 28.2 Å². The second-order valence-electron chi connectivity index (χ2n) is 7.41. The van der Waals surface area contributed by atoms with E-state index in [-0.39, 0.29) is 17.5 Å². The number of nitrogen functional groups attached to an aromatic ring is 1. The zero-order chi connectivity index (χ0) is 21.4. The number of thiophene rings is 1. The fourth-order valence-electron chi connectivity index (χ4n) is 3.97. The molecule has 0 bridgehead atoms. The number of allylic oxidation sites excluding steroid dienone is 2. The van der Waals surface area contributed by atoms with Crippen molar-refractivity contribution in [1.29, 1.82) is 0 Å². The van der Waals surface area contributed by atoms with Crippen molar-refractivity contribution >= 4 is 33.6 Å². The van der Waals surface area contributed by atoms with E-state index in [4.69, 9.17) is 5.73 Å². The van der Waals surface area contributed by atoms with Crippen LogP contribution in [-0.4, -0.2) is 16.6 Å². The number of Topliss-reactive ketones (excluding diaryl/α,β-unsaturated/α-hetero) is 1. The number of carbonyl (C=O) groups excluding carboxylic acids is 2. The van der Waals surface area contributed by atoms with Gasteiger partial charge in [0.2, 0.25) is 5.78 Å². The van der Waals surface area contributed by atoms with Gasteiger partial charge in [-0.3, -0.25) is 14.6 Å². The molecule has 0 spiro atoms. The predicted octanol–water partition coefficient (Wildman–Crippen LogP) is 4.94. The molecule has 0 fully saturated rings. The largest absolute Gasteiger partial charge is 0.397 e. The van der Waals surface area contributed by atoms with E-state index in [1.165, 1.54) is 16.9 Å². The van der Waals surface area contributed by atoms with Crippen LogP contribution in [-0.2, 0) is 11.2 Å². The molecule has 1 aliphatic heterocycles. The van der Waals surface area contributed by atoms with Crippen LogP contribution >= 0.6 is 11.3 Å². The number of nitrogens with one attached hydrogen (secondary N) is 1. The van der Waals surface area contributed by atoms with E-state index in [1.807, 2.05) is 43.3 Å². The van der Waals surface area contributed by atoms with Gasteiger partial charge in [0.25, 0.3) is 0 Å². The Morgan fingerprint density at radius 1 is 1.20 bits per heavy atom. The van der Waals surface area contributed by atoms with Crippen molar-refractivity contribution in [1.82, 2.24) is 4.98 Å². The Morgan fingerprint density at radius 2 is 1.93 bits per heavy atom. The SMILES string of the molecule is CCc1ccc(C(=O)c2sc3c(c2N)[C@H](c2cccnc2)C(C(C)=O)=C(C)N3)cc1. The molecule has 0 saturated carbocycles. The number of pyridine rings is 1. The predicted molar refractivity (Wildman–Crippen MR) is 121 cm³/mol. The number of hydrogen-bond donors (Lipinski definition) is 2. The van der Waals surface area contributed by atoms with Gasteiger partial charge >= 0.3 is 0 Å². The van der Waals surface area contributed by atoms with Gasteiger partial charge in [-0.1, -0.05) is 37.3 Å². The molecule has 0 amide bonds. The molecule has 0 aliphatic carbocycles. The summed E-state index contributed by atoms with van der Waals surface area (Å²) in [7, 11) is 0. The molecule has 30 heavy (non-hydrogen) atoms. The first-order chi connectivity index (χ1) is 14.4. The Bertz CT molecular complexity index is 1160. The minimum Gasteiger partial charge on any atom is -0.397 e. The van der Waals surface area contributed by atoms with Gasteiger partial charge in [-0.2, -0.15) is 0 Å². The Hall–Kier alpha value is -3.25. The van der Waals surface area contributed by atoms with Crippen LogP contribution in [0.25, 0.3) is 0 Å². The molecular weight excluding hydrogens is 394 g/mol. The van der Waals surface area contributed by atoms with Crippen molar-refractivity contribution in [3.8, 4) is 0 Å². The molecule has 0 saturated heterocycles. The van der Waals surface area contributed by atoms with E-state index in [9.17, 15) is 9.59 Å². The maximum atomic E-state index is 13.2. The van der Waals surface area contributed by atoms with Gasteiger partial charge in [-0.25, -0.2) is 0 Å². The number of fused-ring (bicyclic) bond motifs is 1. The lowest BCUT2D eigenvalue weighted by atomic mass is 9.81. The summed E-state index contributed by atoms with van der Waals surface area (Å²) < 4.78 is 0. The third kappa shape index (κ3) is 3.33. The molecule has 1 aliphatic rings. The van der Waals surface area contributed by atoms with Crippen LogP contribution in [0.15, 0.2) is 60.1 Å². The molecule has 0 unspecified atom stereocenters. The molecule has 3 aromatic rings. The maximum absolute atomic E-state index is 13.2. The van der Waals surface area contributed by atoms with E-state index in [2.05, 4.69) is 17.2 Å². The molecule has 0 radical (unpaired) electrons. The normalized spacial score (nSPS) is 15.5. The standard InChI is InChI=1S/C24H23N3O2S/c1-4-15-7-9-16(10-8-15)22(29)23-21(25)20-19(17-6-5-11-26-12-17)18(14(3)28)13(2)27-24(20)30-23/h5-12,19,27H,4,25H2,1-3H3/t19-/m1/s1. The van der Waals surface area contributed by atoms with Crippen molar-refractivity contribution in [2.24, 2.45) is 0 Å². The van der Waals surface area contributed by atoms with Crippen LogP contribution in [0.4, 0.5) is 10.7 Å². The van der Waals surface area contributed by atoms with Crippen molar-refractivity contribution < 1.29 is 9.59 Å². The first kappa shape index (κ1) is 20.0. The first-order valence-electron chi connectivity index (χ1n) is 9.86. The van der Waals surface area contributed by atoms with E-state index >= 15 is 0 Å². The highest BCUT2D eigenvalue weighted by Gasteiger charge is 2.36. The lowest BCUT2D eigenvalue weighted by Crippen LogP contribution is -2.21. The summed E-state index contributed by atoms with van der Waals surface area (Å²) >= 11 is 1.34. The van der Waals surface area contributed by atoms with Crippen LogP contribution in [0, 0.1) is 0 Å². The quantitative estimate of drug-likeness (QED) is 0.575. The van der Waals surface area contributed by atoms with Gasteiger partial charge in [0.05, 0.1) is 10.7 Å². The molecule has 6 heteroatoms. The third-order valence-corrected chi connectivity index (χ3v) is 6.63. The second-order valence-corrected chi connectivity index (χ2v) is 8.43. The number of ketones is 2. The molecule has 152 valence electrons. The summed E-state index contributed by atoms with van der Waals surface area (Å²) in [4.78, 5) is 30.5. The highest BCUT2D eigenvalue weighted by atomic mass is 32.1. The summed E-state index contributed by atoms with van der Waals surface area (Å²) in [6, 6.07) is 11.4. The van der Waals surface area contributed by atoms with Crippen molar-refractivity contribution in [2.75, 3.05) is 11.1 Å². The number of anilines is 2. The summed E-state index contributed by atoms with van der Waals surface area (Å²) in [6.45, 7) is 5.51. The number of hydrogen-bond acceptors (Lipinski definition) is 6. The van der Waals surface area contributed by atoms with Gasteiger partial charge in [0.1, 0.15) is 4.88 Å². The summed E-state index contributed by atoms with van der Waals surface area (Å²) in [5.74, 6) is -0.496. The molecule has 2 aromatic heterocycles. The van der Waals surface area contributed by atoms with Crippen LogP contribution in [0.2, 0.25) is 0 Å². The lowest BCUT2D eigenvalue weighted by molar-refractivity contribution is -0.113. The lowest BCUT2D eigenvalue weighted by Gasteiger charge is -2.28. The Kier molecular flexibility index (Phi) is 5.26. The number of aromatic nitrogens is 1. The summed E-state index contributed by atoms with van der Waals surface area (Å²) in [6.07, 6.45) is 4.36. The number of rotatable bonds is 5. The average molecular weight is 418 g/mol. The zero-order valence-corrected chi connectivity index (χ0v) is 18.0. The van der Waals surface area contributed by atoms with Crippen molar-refractivity contribution in [3.63, 3.8) is 0 Å². The Morgan fingerprint density at radius 3 is 2.53 bits per heavy atom.